The SMILES string of the molecule is CC(C)c1ccccc1-n1c(=O)c2ccccc2n2c(SCc3nc4ccccc4s3)nnc12. The van der Waals surface area contributed by atoms with Gasteiger partial charge in [-0.3, -0.25) is 9.20 Å². The maximum absolute atomic E-state index is 13.7. The molecular weight excluding hydrogens is 462 g/mol. The highest BCUT2D eigenvalue weighted by Gasteiger charge is 2.20. The van der Waals surface area contributed by atoms with Crippen LogP contribution in [0.5, 0.6) is 0 Å². The Hall–Kier alpha value is -3.49. The Morgan fingerprint density at radius 3 is 2.56 bits per heavy atom. The second kappa shape index (κ2) is 8.38. The van der Waals surface area contributed by atoms with E-state index >= 15 is 0 Å². The van der Waals surface area contributed by atoms with Crippen molar-refractivity contribution in [3.8, 4) is 5.69 Å². The molecule has 8 heteroatoms. The lowest BCUT2D eigenvalue weighted by molar-refractivity contribution is 0.837. The number of rotatable bonds is 5. The van der Waals surface area contributed by atoms with E-state index in [0.717, 1.165) is 32.4 Å². The van der Waals surface area contributed by atoms with Crippen molar-refractivity contribution in [1.29, 1.82) is 0 Å². The van der Waals surface area contributed by atoms with Crippen molar-refractivity contribution in [3.63, 3.8) is 0 Å². The monoisotopic (exact) mass is 483 g/mol. The first kappa shape index (κ1) is 21.1. The highest BCUT2D eigenvalue weighted by atomic mass is 32.2. The summed E-state index contributed by atoms with van der Waals surface area (Å²) in [5.41, 5.74) is 3.66. The molecule has 3 heterocycles. The number of thioether (sulfide) groups is 1. The predicted octanol–water partition coefficient (Wildman–Crippen LogP) is 6.06. The van der Waals surface area contributed by atoms with Crippen LogP contribution in [0.15, 0.2) is 82.7 Å². The van der Waals surface area contributed by atoms with Gasteiger partial charge in [-0.2, -0.15) is 0 Å². The van der Waals surface area contributed by atoms with Crippen molar-refractivity contribution >= 4 is 50.0 Å². The largest absolute Gasteiger partial charge is 0.268 e. The van der Waals surface area contributed by atoms with Crippen LogP contribution in [-0.2, 0) is 5.75 Å². The molecule has 0 saturated carbocycles. The van der Waals surface area contributed by atoms with E-state index in [2.05, 4.69) is 36.2 Å². The molecule has 0 radical (unpaired) electrons. The normalized spacial score (nSPS) is 11.9. The summed E-state index contributed by atoms with van der Waals surface area (Å²) in [6, 6.07) is 23.8. The van der Waals surface area contributed by atoms with Crippen molar-refractivity contribution in [2.75, 3.05) is 0 Å². The third-order valence-electron chi connectivity index (χ3n) is 5.86. The molecule has 3 aromatic carbocycles. The molecule has 0 fully saturated rings. The van der Waals surface area contributed by atoms with Crippen LogP contribution < -0.4 is 5.56 Å². The van der Waals surface area contributed by atoms with Crippen molar-refractivity contribution in [3.05, 3.63) is 93.7 Å². The van der Waals surface area contributed by atoms with Gasteiger partial charge in [-0.25, -0.2) is 9.55 Å². The number of thiazole rings is 1. The molecule has 6 rings (SSSR count). The van der Waals surface area contributed by atoms with Gasteiger partial charge in [0.15, 0.2) is 5.16 Å². The molecule has 0 bridgehead atoms. The van der Waals surface area contributed by atoms with Gasteiger partial charge in [0.25, 0.3) is 5.56 Å². The van der Waals surface area contributed by atoms with Crippen LogP contribution in [0.25, 0.3) is 32.6 Å². The molecular formula is C26H21N5OS2. The van der Waals surface area contributed by atoms with Gasteiger partial charge in [-0.05, 0) is 41.8 Å². The molecule has 0 N–H and O–H groups in total. The van der Waals surface area contributed by atoms with Gasteiger partial charge >= 0.3 is 0 Å². The maximum Gasteiger partial charge on any atom is 0.267 e. The van der Waals surface area contributed by atoms with Crippen LogP contribution in [0.2, 0.25) is 0 Å². The standard InChI is InChI=1S/C26H21N5OS2/c1-16(2)17-9-3-6-12-20(17)30-24(32)18-10-4-7-13-21(18)31-25(30)28-29-26(31)33-15-23-27-19-11-5-8-14-22(19)34-23/h3-14,16H,15H2,1-2H3. The molecule has 34 heavy (non-hydrogen) atoms. The van der Waals surface area contributed by atoms with Crippen molar-refractivity contribution in [2.45, 2.75) is 30.7 Å². The summed E-state index contributed by atoms with van der Waals surface area (Å²) < 4.78 is 4.87. The molecule has 0 atom stereocenters. The summed E-state index contributed by atoms with van der Waals surface area (Å²) in [5.74, 6) is 1.45. The molecule has 0 spiro atoms. The van der Waals surface area contributed by atoms with E-state index in [0.29, 0.717) is 16.9 Å². The Balaban J connectivity index is 1.53. The average Bonchev–Trinajstić information content (AvgIpc) is 3.47. The van der Waals surface area contributed by atoms with Gasteiger partial charge in [0.2, 0.25) is 5.78 Å². The van der Waals surface area contributed by atoms with E-state index in [1.54, 1.807) is 27.7 Å². The zero-order valence-corrected chi connectivity index (χ0v) is 20.3. The van der Waals surface area contributed by atoms with E-state index in [1.807, 2.05) is 65.1 Å². The summed E-state index contributed by atoms with van der Waals surface area (Å²) in [4.78, 5) is 18.4. The summed E-state index contributed by atoms with van der Waals surface area (Å²) in [6.07, 6.45) is 0. The fraction of sp³-hybridized carbons (Fsp3) is 0.154. The highest BCUT2D eigenvalue weighted by molar-refractivity contribution is 7.98. The van der Waals surface area contributed by atoms with Gasteiger partial charge in [-0.15, -0.1) is 21.5 Å². The van der Waals surface area contributed by atoms with Gasteiger partial charge in [-0.1, -0.05) is 68.1 Å². The first-order valence-electron chi connectivity index (χ1n) is 11.1. The second-order valence-electron chi connectivity index (χ2n) is 8.35. The number of nitrogens with zero attached hydrogens (tertiary/aromatic N) is 5. The fourth-order valence-corrected chi connectivity index (χ4v) is 6.18. The molecule has 0 saturated heterocycles. The van der Waals surface area contributed by atoms with Crippen LogP contribution in [0.3, 0.4) is 0 Å². The molecule has 0 aliphatic carbocycles. The third-order valence-corrected chi connectivity index (χ3v) is 8.02. The quantitative estimate of drug-likeness (QED) is 0.279. The Kier molecular flexibility index (Phi) is 5.19. The highest BCUT2D eigenvalue weighted by Crippen LogP contribution is 2.30. The van der Waals surface area contributed by atoms with E-state index in [1.165, 1.54) is 4.70 Å². The third kappa shape index (κ3) is 3.41. The summed E-state index contributed by atoms with van der Waals surface area (Å²) >= 11 is 3.27. The number of aromatic nitrogens is 5. The van der Waals surface area contributed by atoms with Gasteiger partial charge < -0.3 is 0 Å². The first-order chi connectivity index (χ1) is 16.6. The van der Waals surface area contributed by atoms with E-state index in [-0.39, 0.29) is 11.5 Å². The molecule has 3 aromatic heterocycles. The smallest absolute Gasteiger partial charge is 0.267 e. The molecule has 0 aliphatic heterocycles. The van der Waals surface area contributed by atoms with Gasteiger partial charge in [0, 0.05) is 0 Å². The first-order valence-corrected chi connectivity index (χ1v) is 12.9. The summed E-state index contributed by atoms with van der Waals surface area (Å²) in [6.45, 7) is 4.26. The summed E-state index contributed by atoms with van der Waals surface area (Å²) in [7, 11) is 0. The zero-order valence-electron chi connectivity index (χ0n) is 18.7. The van der Waals surface area contributed by atoms with Gasteiger partial charge in [0.1, 0.15) is 5.01 Å². The van der Waals surface area contributed by atoms with Crippen molar-refractivity contribution < 1.29 is 0 Å². The number of fused-ring (bicyclic) bond motifs is 4. The minimum absolute atomic E-state index is 0.0914. The van der Waals surface area contributed by atoms with E-state index < -0.39 is 0 Å². The van der Waals surface area contributed by atoms with Crippen LogP contribution in [-0.4, -0.2) is 24.1 Å². The predicted molar refractivity (Wildman–Crippen MR) is 139 cm³/mol. The summed E-state index contributed by atoms with van der Waals surface area (Å²) in [5, 5.41) is 11.4. The lowest BCUT2D eigenvalue weighted by atomic mass is 10.0. The number of benzene rings is 3. The average molecular weight is 484 g/mol. The van der Waals surface area contributed by atoms with E-state index in [9.17, 15) is 4.79 Å². The second-order valence-corrected chi connectivity index (χ2v) is 10.4. The molecule has 0 amide bonds. The number of para-hydroxylation sites is 3. The maximum atomic E-state index is 13.7. The van der Waals surface area contributed by atoms with Crippen LogP contribution in [0.4, 0.5) is 0 Å². The molecule has 0 aliphatic rings. The topological polar surface area (TPSA) is 65.1 Å². The Morgan fingerprint density at radius 1 is 0.941 bits per heavy atom. The van der Waals surface area contributed by atoms with Crippen LogP contribution >= 0.6 is 23.1 Å². The van der Waals surface area contributed by atoms with Gasteiger partial charge in [0.05, 0.1) is 32.6 Å². The lowest BCUT2D eigenvalue weighted by Crippen LogP contribution is -2.23. The fourth-order valence-electron chi connectivity index (χ4n) is 4.28. The molecule has 0 unspecified atom stereocenters. The molecule has 6 nitrogen and oxygen atoms in total. The minimum Gasteiger partial charge on any atom is -0.268 e. The minimum atomic E-state index is -0.0914. The Morgan fingerprint density at radius 2 is 1.71 bits per heavy atom. The molecule has 6 aromatic rings. The Bertz CT molecular complexity index is 1700. The van der Waals surface area contributed by atoms with Crippen molar-refractivity contribution in [2.24, 2.45) is 0 Å². The zero-order chi connectivity index (χ0) is 23.2. The van der Waals surface area contributed by atoms with E-state index in [4.69, 9.17) is 4.98 Å². The number of hydrogen-bond acceptors (Lipinski definition) is 6. The van der Waals surface area contributed by atoms with Crippen molar-refractivity contribution in [1.82, 2.24) is 24.1 Å². The van der Waals surface area contributed by atoms with Crippen LogP contribution in [0, 0.1) is 0 Å². The number of hydrogen-bond donors (Lipinski definition) is 0. The lowest BCUT2D eigenvalue weighted by Gasteiger charge is -2.16. The molecule has 168 valence electrons. The Labute approximate surface area is 203 Å². The van der Waals surface area contributed by atoms with Crippen LogP contribution in [0.1, 0.15) is 30.3 Å².